The largest absolute Gasteiger partial charge is 0.416 e. The van der Waals surface area contributed by atoms with Crippen LogP contribution in [0.5, 0.6) is 0 Å². The van der Waals surface area contributed by atoms with Gasteiger partial charge in [0, 0.05) is 49.2 Å². The normalized spacial score (nSPS) is 17.1. The number of amides is 1. The maximum Gasteiger partial charge on any atom is 0.416 e. The quantitative estimate of drug-likeness (QED) is 0.293. The van der Waals surface area contributed by atoms with Gasteiger partial charge in [0.2, 0.25) is 5.95 Å². The highest BCUT2D eigenvalue weighted by molar-refractivity contribution is 6.05. The zero-order valence-electron chi connectivity index (χ0n) is 24.2. The van der Waals surface area contributed by atoms with E-state index in [1.165, 1.54) is 31.3 Å². The van der Waals surface area contributed by atoms with Crippen LogP contribution in [-0.4, -0.2) is 88.0 Å². The van der Waals surface area contributed by atoms with E-state index in [0.29, 0.717) is 34.5 Å². The van der Waals surface area contributed by atoms with E-state index in [1.54, 1.807) is 24.3 Å². The fourth-order valence-corrected chi connectivity index (χ4v) is 5.69. The van der Waals surface area contributed by atoms with Gasteiger partial charge in [-0.1, -0.05) is 12.1 Å². The van der Waals surface area contributed by atoms with Crippen molar-refractivity contribution in [3.63, 3.8) is 0 Å². The van der Waals surface area contributed by atoms with Crippen LogP contribution in [0.25, 0.3) is 11.0 Å². The third kappa shape index (κ3) is 6.50. The van der Waals surface area contributed by atoms with Crippen molar-refractivity contribution >= 4 is 45.9 Å². The first-order valence-electron chi connectivity index (χ1n) is 14.5. The number of fused-ring (bicyclic) bond motifs is 1. The predicted octanol–water partition coefficient (Wildman–Crippen LogP) is 4.23. The lowest BCUT2D eigenvalue weighted by Crippen LogP contribution is -2.53. The number of piperidine rings is 1. The Morgan fingerprint density at radius 1 is 0.909 bits per heavy atom. The number of nitrogens with two attached hydrogens (primary N) is 1. The number of rotatable bonds is 6. The molecule has 2 saturated heterocycles. The molecule has 0 atom stereocenters. The van der Waals surface area contributed by atoms with Crippen LogP contribution < -0.4 is 21.3 Å². The van der Waals surface area contributed by atoms with Crippen molar-refractivity contribution in [3.8, 4) is 0 Å². The molecule has 0 saturated carbocycles. The Morgan fingerprint density at radius 2 is 1.64 bits per heavy atom. The molecule has 0 radical (unpaired) electrons. The van der Waals surface area contributed by atoms with Gasteiger partial charge in [-0.3, -0.25) is 9.69 Å². The van der Waals surface area contributed by atoms with Crippen LogP contribution in [0.1, 0.15) is 28.8 Å². The van der Waals surface area contributed by atoms with Gasteiger partial charge < -0.3 is 26.2 Å². The lowest BCUT2D eigenvalue weighted by molar-refractivity contribution is -0.137. The van der Waals surface area contributed by atoms with Crippen molar-refractivity contribution in [2.45, 2.75) is 25.1 Å². The van der Waals surface area contributed by atoms with Gasteiger partial charge in [0.05, 0.1) is 5.56 Å². The smallest absolute Gasteiger partial charge is 0.382 e. The summed E-state index contributed by atoms with van der Waals surface area (Å²) in [5, 5.41) is 5.72. The molecule has 0 spiro atoms. The highest BCUT2D eigenvalue weighted by Gasteiger charge is 2.31. The zero-order valence-corrected chi connectivity index (χ0v) is 24.2. The van der Waals surface area contributed by atoms with Crippen LogP contribution in [-0.2, 0) is 6.18 Å². The van der Waals surface area contributed by atoms with Crippen molar-refractivity contribution in [3.05, 3.63) is 66.0 Å². The minimum absolute atomic E-state index is 0.0388. The van der Waals surface area contributed by atoms with E-state index in [-0.39, 0.29) is 17.1 Å². The van der Waals surface area contributed by atoms with Crippen LogP contribution in [0.15, 0.2) is 54.9 Å². The number of nitrogens with one attached hydrogen (secondary N) is 2. The van der Waals surface area contributed by atoms with Gasteiger partial charge >= 0.3 is 6.18 Å². The molecule has 0 aliphatic carbocycles. The third-order valence-corrected chi connectivity index (χ3v) is 8.13. The molecule has 4 N–H and O–H groups in total. The first-order valence-corrected chi connectivity index (χ1v) is 14.5. The fourth-order valence-electron chi connectivity index (χ4n) is 5.69. The Labute approximate surface area is 252 Å². The summed E-state index contributed by atoms with van der Waals surface area (Å²) in [5.41, 5.74) is 7.11. The van der Waals surface area contributed by atoms with Gasteiger partial charge in [-0.15, -0.1) is 0 Å². The van der Waals surface area contributed by atoms with E-state index in [1.807, 2.05) is 0 Å². The first-order chi connectivity index (χ1) is 21.1. The number of piperazine rings is 1. The monoisotopic (exact) mass is 606 g/mol. The minimum Gasteiger partial charge on any atom is -0.382 e. The molecule has 1 amide bonds. The number of aromatic nitrogens is 4. The Hall–Kier alpha value is -4.56. The number of benzene rings is 2. The number of carbonyl (C=O) groups is 1. The van der Waals surface area contributed by atoms with E-state index in [0.717, 1.165) is 51.4 Å². The second kappa shape index (κ2) is 12.2. The van der Waals surface area contributed by atoms with Crippen LogP contribution in [0, 0.1) is 0 Å². The molecular weight excluding hydrogens is 573 g/mol. The number of hydrogen-bond acceptors (Lipinski definition) is 10. The summed E-state index contributed by atoms with van der Waals surface area (Å²) in [7, 11) is 2.17. The van der Waals surface area contributed by atoms with E-state index >= 15 is 0 Å². The molecule has 4 heterocycles. The van der Waals surface area contributed by atoms with Crippen molar-refractivity contribution in [1.82, 2.24) is 29.7 Å². The highest BCUT2D eigenvalue weighted by atomic mass is 19.4. The molecular formula is C30H33F3N10O. The fraction of sp³-hybridized carbons (Fsp3) is 0.367. The number of halogens is 3. The summed E-state index contributed by atoms with van der Waals surface area (Å²) < 4.78 is 39.3. The summed E-state index contributed by atoms with van der Waals surface area (Å²) in [6, 6.07) is 11.6. The van der Waals surface area contributed by atoms with E-state index in [9.17, 15) is 18.0 Å². The van der Waals surface area contributed by atoms with Gasteiger partial charge in [0.25, 0.3) is 5.91 Å². The summed E-state index contributed by atoms with van der Waals surface area (Å²) in [6.45, 7) is 5.62. The lowest BCUT2D eigenvalue weighted by Gasteiger charge is -2.42. The molecule has 2 aromatic carbocycles. The second-order valence-corrected chi connectivity index (χ2v) is 11.1. The second-order valence-electron chi connectivity index (χ2n) is 11.1. The van der Waals surface area contributed by atoms with Crippen LogP contribution >= 0.6 is 0 Å². The average molecular weight is 607 g/mol. The molecule has 11 nitrogen and oxygen atoms in total. The average Bonchev–Trinajstić information content (AvgIpc) is 3.02. The van der Waals surface area contributed by atoms with Gasteiger partial charge in [-0.25, -0.2) is 15.0 Å². The number of carbonyl (C=O) groups excluding carboxylic acids is 1. The molecule has 14 heteroatoms. The predicted molar refractivity (Wildman–Crippen MR) is 163 cm³/mol. The summed E-state index contributed by atoms with van der Waals surface area (Å²) >= 11 is 0. The van der Waals surface area contributed by atoms with Crippen molar-refractivity contribution in [1.29, 1.82) is 0 Å². The molecule has 0 bridgehead atoms. The van der Waals surface area contributed by atoms with Gasteiger partial charge in [-0.05, 0) is 69.4 Å². The third-order valence-electron chi connectivity index (χ3n) is 8.13. The molecule has 44 heavy (non-hydrogen) atoms. The van der Waals surface area contributed by atoms with Gasteiger partial charge in [0.1, 0.15) is 17.4 Å². The first kappa shape index (κ1) is 29.5. The number of likely N-dealkylation sites (tertiary alicyclic amines) is 1. The van der Waals surface area contributed by atoms with Crippen LogP contribution in [0.3, 0.4) is 0 Å². The Kier molecular flexibility index (Phi) is 8.19. The van der Waals surface area contributed by atoms with Crippen molar-refractivity contribution in [2.24, 2.45) is 0 Å². The summed E-state index contributed by atoms with van der Waals surface area (Å²) in [4.78, 5) is 38.0. The van der Waals surface area contributed by atoms with Crippen molar-refractivity contribution < 1.29 is 18.0 Å². The summed E-state index contributed by atoms with van der Waals surface area (Å²) in [6.07, 6.45) is -0.806. The Bertz CT molecular complexity index is 1650. The van der Waals surface area contributed by atoms with E-state index in [4.69, 9.17) is 10.7 Å². The standard InChI is InChI=1S/C30H33F3N10O/c1-41-10-8-23(9-11-41)42-12-14-43(15-13-42)29-39-25-24(26(34)40-29)35-18-36-27(25)37-21-6-2-4-19(16-21)28(44)38-22-7-3-5-20(17-22)30(31,32)33/h2-7,16-18,23H,8-15H2,1H3,(H,38,44)(H2,34,39,40)(H,35,36,37). The Balaban J connectivity index is 1.18. The van der Waals surface area contributed by atoms with Crippen LogP contribution in [0.2, 0.25) is 0 Å². The minimum atomic E-state index is -4.52. The molecule has 2 aromatic heterocycles. The topological polar surface area (TPSA) is 128 Å². The van der Waals surface area contributed by atoms with Gasteiger partial charge in [-0.2, -0.15) is 18.2 Å². The van der Waals surface area contributed by atoms with Crippen LogP contribution in [0.4, 0.5) is 42.1 Å². The maximum atomic E-state index is 13.1. The molecule has 4 aromatic rings. The molecule has 0 unspecified atom stereocenters. The van der Waals surface area contributed by atoms with Crippen molar-refractivity contribution in [2.75, 3.05) is 67.6 Å². The molecule has 2 aliphatic rings. The molecule has 230 valence electrons. The molecule has 2 aliphatic heterocycles. The number of nitrogens with zero attached hydrogens (tertiary/aromatic N) is 7. The lowest BCUT2D eigenvalue weighted by atomic mass is 10.0. The highest BCUT2D eigenvalue weighted by Crippen LogP contribution is 2.31. The summed E-state index contributed by atoms with van der Waals surface area (Å²) in [5.74, 6) is 0.562. The number of anilines is 5. The zero-order chi connectivity index (χ0) is 30.8. The van der Waals surface area contributed by atoms with E-state index in [2.05, 4.69) is 47.3 Å². The Morgan fingerprint density at radius 3 is 2.39 bits per heavy atom. The number of alkyl halides is 3. The number of hydrogen-bond donors (Lipinski definition) is 3. The molecule has 6 rings (SSSR count). The number of nitrogen functional groups attached to an aromatic ring is 1. The maximum absolute atomic E-state index is 13.1. The van der Waals surface area contributed by atoms with Gasteiger partial charge in [0.15, 0.2) is 11.6 Å². The van der Waals surface area contributed by atoms with E-state index < -0.39 is 17.6 Å². The molecule has 2 fully saturated rings. The SMILES string of the molecule is CN1CCC(N2CCN(c3nc(N)c4ncnc(Nc5cccc(C(=O)Nc6cccc(C(F)(F)F)c6)c5)c4n3)CC2)CC1.